The molecular weight excluding hydrogens is 282 g/mol. The van der Waals surface area contributed by atoms with Gasteiger partial charge in [0.1, 0.15) is 0 Å². The number of benzene rings is 1. The van der Waals surface area contributed by atoms with Crippen LogP contribution < -0.4 is 0 Å². The maximum Gasteiger partial charge on any atom is 0.409 e. The van der Waals surface area contributed by atoms with Gasteiger partial charge >= 0.3 is 6.09 Å². The van der Waals surface area contributed by atoms with Crippen molar-refractivity contribution in [1.29, 1.82) is 0 Å². The number of amides is 1. The monoisotopic (exact) mass is 297 g/mol. The lowest BCUT2D eigenvalue weighted by Gasteiger charge is -2.32. The zero-order valence-corrected chi connectivity index (χ0v) is 11.4. The van der Waals surface area contributed by atoms with Gasteiger partial charge in [0, 0.05) is 23.5 Å². The molecule has 1 aliphatic heterocycles. The third-order valence-electron chi connectivity index (χ3n) is 3.17. The number of carbonyl (C=O) groups excluding carboxylic acids is 1. The van der Waals surface area contributed by atoms with Gasteiger partial charge in [-0.2, -0.15) is 0 Å². The summed E-state index contributed by atoms with van der Waals surface area (Å²) in [4.78, 5) is 13.3. The molecule has 0 saturated carbocycles. The summed E-state index contributed by atoms with van der Waals surface area (Å²) in [5, 5.41) is 0. The molecule has 1 unspecified atom stereocenters. The molecule has 0 N–H and O–H groups in total. The number of piperidine rings is 1. The molecular formula is C13H16BrNO2. The van der Waals surface area contributed by atoms with Crippen LogP contribution in [0.5, 0.6) is 0 Å². The number of ether oxygens (including phenoxy) is 1. The second-order valence-electron chi connectivity index (χ2n) is 4.31. The maximum absolute atomic E-state index is 11.5. The molecule has 17 heavy (non-hydrogen) atoms. The SMILES string of the molecule is COC(=O)N1CCCC(c2cccc(Br)c2)C1. The Labute approximate surface area is 110 Å². The van der Waals surface area contributed by atoms with E-state index >= 15 is 0 Å². The Balaban J connectivity index is 2.09. The first-order valence-corrected chi connectivity index (χ1v) is 6.58. The number of hydrogen-bond donors (Lipinski definition) is 0. The van der Waals surface area contributed by atoms with Gasteiger partial charge in [0.25, 0.3) is 0 Å². The van der Waals surface area contributed by atoms with Crippen LogP contribution in [0.1, 0.15) is 24.3 Å². The summed E-state index contributed by atoms with van der Waals surface area (Å²) in [6, 6.07) is 8.31. The van der Waals surface area contributed by atoms with Gasteiger partial charge in [-0.3, -0.25) is 0 Å². The first kappa shape index (κ1) is 12.4. The quantitative estimate of drug-likeness (QED) is 0.795. The molecule has 1 aromatic carbocycles. The van der Waals surface area contributed by atoms with Crippen LogP contribution in [0.4, 0.5) is 4.79 Å². The lowest BCUT2D eigenvalue weighted by Crippen LogP contribution is -2.38. The third-order valence-corrected chi connectivity index (χ3v) is 3.67. The molecule has 0 spiro atoms. The molecule has 0 aromatic heterocycles. The number of hydrogen-bond acceptors (Lipinski definition) is 2. The average molecular weight is 298 g/mol. The molecule has 4 heteroatoms. The zero-order chi connectivity index (χ0) is 12.3. The molecule has 92 valence electrons. The van der Waals surface area contributed by atoms with E-state index in [9.17, 15) is 4.79 Å². The summed E-state index contributed by atoms with van der Waals surface area (Å²) in [7, 11) is 1.44. The Morgan fingerprint density at radius 3 is 3.06 bits per heavy atom. The highest BCUT2D eigenvalue weighted by atomic mass is 79.9. The Morgan fingerprint density at radius 1 is 1.53 bits per heavy atom. The second kappa shape index (κ2) is 5.54. The van der Waals surface area contributed by atoms with Gasteiger partial charge in [-0.15, -0.1) is 0 Å². The average Bonchev–Trinajstić information content (AvgIpc) is 2.38. The molecule has 0 radical (unpaired) electrons. The number of nitrogens with zero attached hydrogens (tertiary/aromatic N) is 1. The topological polar surface area (TPSA) is 29.5 Å². The minimum atomic E-state index is -0.218. The van der Waals surface area contributed by atoms with Crippen molar-refractivity contribution in [1.82, 2.24) is 4.90 Å². The molecule has 1 aliphatic rings. The number of likely N-dealkylation sites (tertiary alicyclic amines) is 1. The fourth-order valence-electron chi connectivity index (χ4n) is 2.30. The Morgan fingerprint density at radius 2 is 2.35 bits per heavy atom. The van der Waals surface area contributed by atoms with Crippen LogP contribution in [0.25, 0.3) is 0 Å². The normalized spacial score (nSPS) is 20.1. The number of halogens is 1. The van der Waals surface area contributed by atoms with E-state index in [-0.39, 0.29) is 6.09 Å². The first-order chi connectivity index (χ1) is 8.20. The number of rotatable bonds is 1. The first-order valence-electron chi connectivity index (χ1n) is 5.79. The molecule has 1 saturated heterocycles. The second-order valence-corrected chi connectivity index (χ2v) is 5.23. The molecule has 1 aromatic rings. The highest BCUT2D eigenvalue weighted by Gasteiger charge is 2.25. The summed E-state index contributed by atoms with van der Waals surface area (Å²) in [5.41, 5.74) is 1.29. The lowest BCUT2D eigenvalue weighted by atomic mass is 9.91. The van der Waals surface area contributed by atoms with Gasteiger partial charge in [0.2, 0.25) is 0 Å². The van der Waals surface area contributed by atoms with Crippen molar-refractivity contribution in [3.8, 4) is 0 Å². The molecule has 0 bridgehead atoms. The maximum atomic E-state index is 11.5. The van der Waals surface area contributed by atoms with E-state index in [1.807, 2.05) is 12.1 Å². The summed E-state index contributed by atoms with van der Waals surface area (Å²) in [5.74, 6) is 0.417. The van der Waals surface area contributed by atoms with Gasteiger partial charge in [0.15, 0.2) is 0 Å². The van der Waals surface area contributed by atoms with Gasteiger partial charge in [-0.1, -0.05) is 28.1 Å². The third kappa shape index (κ3) is 3.00. The summed E-state index contributed by atoms with van der Waals surface area (Å²) in [6.07, 6.45) is 1.95. The van der Waals surface area contributed by atoms with E-state index in [0.29, 0.717) is 5.92 Å². The molecule has 0 aliphatic carbocycles. The minimum Gasteiger partial charge on any atom is -0.453 e. The Hall–Kier alpha value is -1.03. The summed E-state index contributed by atoms with van der Waals surface area (Å²) >= 11 is 3.48. The standard InChI is InChI=1S/C13H16BrNO2/c1-17-13(16)15-7-3-5-11(9-15)10-4-2-6-12(14)8-10/h2,4,6,8,11H,3,5,7,9H2,1H3. The molecule has 2 rings (SSSR count). The fraction of sp³-hybridized carbons (Fsp3) is 0.462. The van der Waals surface area contributed by atoms with Crippen LogP contribution in [-0.4, -0.2) is 31.2 Å². The van der Waals surface area contributed by atoms with Gasteiger partial charge in [-0.05, 0) is 30.5 Å². The molecule has 1 heterocycles. The minimum absolute atomic E-state index is 0.218. The van der Waals surface area contributed by atoms with E-state index in [1.54, 1.807) is 4.90 Å². The predicted octanol–water partition coefficient (Wildman–Crippen LogP) is 3.39. The highest BCUT2D eigenvalue weighted by molar-refractivity contribution is 9.10. The van der Waals surface area contributed by atoms with Crippen LogP contribution in [0.3, 0.4) is 0 Å². The highest BCUT2D eigenvalue weighted by Crippen LogP contribution is 2.28. The van der Waals surface area contributed by atoms with E-state index in [1.165, 1.54) is 12.7 Å². The summed E-state index contributed by atoms with van der Waals surface area (Å²) < 4.78 is 5.86. The van der Waals surface area contributed by atoms with Gasteiger partial charge in [0.05, 0.1) is 7.11 Å². The van der Waals surface area contributed by atoms with Crippen molar-refractivity contribution < 1.29 is 9.53 Å². The Kier molecular flexibility index (Phi) is 4.05. The molecule has 3 nitrogen and oxygen atoms in total. The van der Waals surface area contributed by atoms with Gasteiger partial charge < -0.3 is 9.64 Å². The van der Waals surface area contributed by atoms with Crippen molar-refractivity contribution in [3.05, 3.63) is 34.3 Å². The van der Waals surface area contributed by atoms with Crippen molar-refractivity contribution in [2.45, 2.75) is 18.8 Å². The van der Waals surface area contributed by atoms with Crippen molar-refractivity contribution in [2.24, 2.45) is 0 Å². The van der Waals surface area contributed by atoms with E-state index in [0.717, 1.165) is 30.4 Å². The molecule has 1 atom stereocenters. The van der Waals surface area contributed by atoms with Crippen LogP contribution >= 0.6 is 15.9 Å². The van der Waals surface area contributed by atoms with Crippen molar-refractivity contribution in [2.75, 3.05) is 20.2 Å². The lowest BCUT2D eigenvalue weighted by molar-refractivity contribution is 0.111. The van der Waals surface area contributed by atoms with E-state index in [4.69, 9.17) is 4.74 Å². The Bertz CT molecular complexity index is 408. The smallest absolute Gasteiger partial charge is 0.409 e. The van der Waals surface area contributed by atoms with Crippen LogP contribution in [-0.2, 0) is 4.74 Å². The fourth-order valence-corrected chi connectivity index (χ4v) is 2.72. The largest absolute Gasteiger partial charge is 0.453 e. The summed E-state index contributed by atoms with van der Waals surface area (Å²) in [6.45, 7) is 1.56. The van der Waals surface area contributed by atoms with Crippen LogP contribution in [0, 0.1) is 0 Å². The zero-order valence-electron chi connectivity index (χ0n) is 9.86. The van der Waals surface area contributed by atoms with Crippen LogP contribution in [0.2, 0.25) is 0 Å². The van der Waals surface area contributed by atoms with E-state index < -0.39 is 0 Å². The predicted molar refractivity (Wildman–Crippen MR) is 70.1 cm³/mol. The number of methoxy groups -OCH3 is 1. The van der Waals surface area contributed by atoms with Crippen LogP contribution in [0.15, 0.2) is 28.7 Å². The van der Waals surface area contributed by atoms with E-state index in [2.05, 4.69) is 28.1 Å². The van der Waals surface area contributed by atoms with Crippen molar-refractivity contribution >= 4 is 22.0 Å². The number of carbonyl (C=O) groups is 1. The molecule has 1 fully saturated rings. The molecule has 1 amide bonds. The van der Waals surface area contributed by atoms with Gasteiger partial charge in [-0.25, -0.2) is 4.79 Å². The van der Waals surface area contributed by atoms with Crippen molar-refractivity contribution in [3.63, 3.8) is 0 Å².